The molecule has 0 radical (unpaired) electrons. The van der Waals surface area contributed by atoms with Crippen LogP contribution < -0.4 is 0 Å². The van der Waals surface area contributed by atoms with Crippen molar-refractivity contribution >= 4 is 11.9 Å². The zero-order valence-electron chi connectivity index (χ0n) is 9.81. The first-order valence-corrected chi connectivity index (χ1v) is 5.64. The molecule has 0 aliphatic carbocycles. The van der Waals surface area contributed by atoms with Crippen molar-refractivity contribution in [1.82, 2.24) is 4.90 Å². The largest absolute Gasteiger partial charge is 0.481 e. The lowest BCUT2D eigenvalue weighted by Gasteiger charge is -2.15. The van der Waals surface area contributed by atoms with Crippen LogP contribution in [0, 0.1) is 11.8 Å². The number of ether oxygens (including phenoxy) is 1. The minimum atomic E-state index is -0.812. The molecular weight excluding hydrogens is 210 g/mol. The van der Waals surface area contributed by atoms with Gasteiger partial charge in [0.15, 0.2) is 0 Å². The number of aliphatic carboxylic acids is 1. The number of carboxylic acids is 1. The number of nitrogens with zero attached hydrogens (tertiary/aromatic N) is 1. The fourth-order valence-corrected chi connectivity index (χ4v) is 1.95. The Hall–Kier alpha value is -1.10. The highest BCUT2D eigenvalue weighted by Gasteiger charge is 2.36. The van der Waals surface area contributed by atoms with Crippen LogP contribution in [0.5, 0.6) is 0 Å². The van der Waals surface area contributed by atoms with Crippen molar-refractivity contribution in [2.75, 3.05) is 26.3 Å². The van der Waals surface area contributed by atoms with Gasteiger partial charge in [-0.05, 0) is 12.8 Å². The molecule has 1 amide bonds. The summed E-state index contributed by atoms with van der Waals surface area (Å²) in [5.74, 6) is -1.21. The summed E-state index contributed by atoms with van der Waals surface area (Å²) in [6.45, 7) is 5.64. The van der Waals surface area contributed by atoms with Crippen LogP contribution in [0.2, 0.25) is 0 Å². The Morgan fingerprint density at radius 1 is 1.44 bits per heavy atom. The van der Waals surface area contributed by atoms with E-state index in [1.54, 1.807) is 4.90 Å². The minimum Gasteiger partial charge on any atom is -0.481 e. The first-order chi connectivity index (χ1) is 7.56. The molecule has 1 saturated heterocycles. The highest BCUT2D eigenvalue weighted by atomic mass is 16.5. The van der Waals surface area contributed by atoms with Gasteiger partial charge >= 0.3 is 5.97 Å². The number of rotatable bonds is 5. The monoisotopic (exact) mass is 229 g/mol. The Morgan fingerprint density at radius 3 is 2.62 bits per heavy atom. The quantitative estimate of drug-likeness (QED) is 0.701. The second kappa shape index (κ2) is 5.84. The van der Waals surface area contributed by atoms with Crippen LogP contribution in [-0.2, 0) is 14.3 Å². The van der Waals surface area contributed by atoms with Gasteiger partial charge in [-0.2, -0.15) is 0 Å². The molecule has 0 spiro atoms. The third-order valence-electron chi connectivity index (χ3n) is 2.95. The second-order valence-electron chi connectivity index (χ2n) is 4.17. The number of carbonyl (C=O) groups is 2. The van der Waals surface area contributed by atoms with E-state index in [0.29, 0.717) is 32.7 Å². The lowest BCUT2D eigenvalue weighted by Crippen LogP contribution is -2.30. The van der Waals surface area contributed by atoms with Crippen molar-refractivity contribution in [3.8, 4) is 0 Å². The van der Waals surface area contributed by atoms with E-state index in [0.717, 1.165) is 0 Å². The average Bonchev–Trinajstić information content (AvgIpc) is 2.60. The normalized spacial score (nSPS) is 24.8. The molecule has 5 heteroatoms. The predicted octanol–water partition coefficient (Wildman–Crippen LogP) is 0.592. The number of hydrogen-bond donors (Lipinski definition) is 1. The molecule has 0 saturated carbocycles. The minimum absolute atomic E-state index is 0.0101. The maximum Gasteiger partial charge on any atom is 0.308 e. The summed E-state index contributed by atoms with van der Waals surface area (Å²) in [5.41, 5.74) is 0. The zero-order chi connectivity index (χ0) is 12.1. The van der Waals surface area contributed by atoms with Crippen LogP contribution in [0.1, 0.15) is 20.3 Å². The number of carbonyl (C=O) groups excluding carboxylic acids is 1. The van der Waals surface area contributed by atoms with Crippen molar-refractivity contribution in [3.05, 3.63) is 0 Å². The molecule has 0 bridgehead atoms. The summed E-state index contributed by atoms with van der Waals surface area (Å²) in [6.07, 6.45) is 0.340. The molecule has 0 aromatic carbocycles. The van der Waals surface area contributed by atoms with Crippen LogP contribution in [0.4, 0.5) is 0 Å². The number of carboxylic acid groups (broad SMARTS) is 1. The summed E-state index contributed by atoms with van der Waals surface area (Å²) in [5, 5.41) is 8.93. The zero-order valence-corrected chi connectivity index (χ0v) is 9.81. The molecule has 0 unspecified atom stereocenters. The Bertz CT molecular complexity index is 267. The molecule has 1 N–H and O–H groups in total. The van der Waals surface area contributed by atoms with E-state index in [1.807, 2.05) is 13.8 Å². The maximum absolute atomic E-state index is 11.7. The van der Waals surface area contributed by atoms with Gasteiger partial charge in [0.2, 0.25) is 5.91 Å². The fraction of sp³-hybridized carbons (Fsp3) is 0.818. The van der Waals surface area contributed by atoms with E-state index in [2.05, 4.69) is 0 Å². The molecule has 1 aliphatic heterocycles. The summed E-state index contributed by atoms with van der Waals surface area (Å²) in [7, 11) is 0. The van der Waals surface area contributed by atoms with Gasteiger partial charge in [-0.25, -0.2) is 0 Å². The molecule has 0 aromatic rings. The van der Waals surface area contributed by atoms with Crippen molar-refractivity contribution in [1.29, 1.82) is 0 Å². The second-order valence-corrected chi connectivity index (χ2v) is 4.17. The summed E-state index contributed by atoms with van der Waals surface area (Å²) in [4.78, 5) is 24.2. The first kappa shape index (κ1) is 13.0. The molecule has 0 aromatic heterocycles. The van der Waals surface area contributed by atoms with E-state index in [4.69, 9.17) is 9.84 Å². The van der Waals surface area contributed by atoms with Crippen LogP contribution in [0.15, 0.2) is 0 Å². The van der Waals surface area contributed by atoms with Gasteiger partial charge in [0.1, 0.15) is 0 Å². The highest BCUT2D eigenvalue weighted by Crippen LogP contribution is 2.23. The van der Waals surface area contributed by atoms with Gasteiger partial charge in [-0.15, -0.1) is 0 Å². The standard InChI is InChI=1S/C11H19NO4/c1-3-16-5-4-10(13)12-6-8(2)9(7-12)11(14)15/h8-9H,3-7H2,1-2H3,(H,14,15)/t8-,9-/m1/s1. The van der Waals surface area contributed by atoms with Gasteiger partial charge in [-0.1, -0.05) is 6.92 Å². The highest BCUT2D eigenvalue weighted by molar-refractivity contribution is 5.79. The maximum atomic E-state index is 11.7. The smallest absolute Gasteiger partial charge is 0.308 e. The van der Waals surface area contributed by atoms with Gasteiger partial charge in [0.05, 0.1) is 18.9 Å². The molecule has 1 fully saturated rings. The summed E-state index contributed by atoms with van der Waals surface area (Å²) >= 11 is 0. The Labute approximate surface area is 95.4 Å². The molecule has 1 heterocycles. The first-order valence-electron chi connectivity index (χ1n) is 5.64. The van der Waals surface area contributed by atoms with Gasteiger partial charge < -0.3 is 14.7 Å². The predicted molar refractivity (Wildman–Crippen MR) is 58.0 cm³/mol. The molecule has 5 nitrogen and oxygen atoms in total. The molecule has 16 heavy (non-hydrogen) atoms. The topological polar surface area (TPSA) is 66.8 Å². The Kier molecular flexibility index (Phi) is 4.73. The third kappa shape index (κ3) is 3.20. The van der Waals surface area contributed by atoms with E-state index < -0.39 is 11.9 Å². The Morgan fingerprint density at radius 2 is 2.12 bits per heavy atom. The summed E-state index contributed by atoms with van der Waals surface area (Å²) < 4.78 is 5.10. The molecule has 1 aliphatic rings. The van der Waals surface area contributed by atoms with Crippen molar-refractivity contribution < 1.29 is 19.4 Å². The van der Waals surface area contributed by atoms with Crippen LogP contribution in [-0.4, -0.2) is 48.2 Å². The van der Waals surface area contributed by atoms with Crippen LogP contribution >= 0.6 is 0 Å². The van der Waals surface area contributed by atoms with Crippen molar-refractivity contribution in [3.63, 3.8) is 0 Å². The van der Waals surface area contributed by atoms with Crippen molar-refractivity contribution in [2.24, 2.45) is 11.8 Å². The van der Waals surface area contributed by atoms with Gasteiger partial charge in [0, 0.05) is 19.7 Å². The average molecular weight is 229 g/mol. The Balaban J connectivity index is 2.39. The van der Waals surface area contributed by atoms with Gasteiger partial charge in [-0.3, -0.25) is 9.59 Å². The number of amides is 1. The van der Waals surface area contributed by atoms with Gasteiger partial charge in [0.25, 0.3) is 0 Å². The summed E-state index contributed by atoms with van der Waals surface area (Å²) in [6, 6.07) is 0. The molecule has 2 atom stereocenters. The fourth-order valence-electron chi connectivity index (χ4n) is 1.95. The molecule has 92 valence electrons. The van der Waals surface area contributed by atoms with E-state index in [-0.39, 0.29) is 11.8 Å². The molecular formula is C11H19NO4. The van der Waals surface area contributed by atoms with E-state index in [9.17, 15) is 9.59 Å². The number of likely N-dealkylation sites (tertiary alicyclic amines) is 1. The van der Waals surface area contributed by atoms with E-state index >= 15 is 0 Å². The van der Waals surface area contributed by atoms with Crippen molar-refractivity contribution in [2.45, 2.75) is 20.3 Å². The SMILES string of the molecule is CCOCCC(=O)N1C[C@@H](C)[C@H](C(=O)O)C1. The molecule has 1 rings (SSSR count). The number of hydrogen-bond acceptors (Lipinski definition) is 3. The lowest BCUT2D eigenvalue weighted by molar-refractivity contribution is -0.142. The lowest BCUT2D eigenvalue weighted by atomic mass is 9.99. The van der Waals surface area contributed by atoms with Crippen LogP contribution in [0.25, 0.3) is 0 Å². The third-order valence-corrected chi connectivity index (χ3v) is 2.95. The van der Waals surface area contributed by atoms with Crippen LogP contribution in [0.3, 0.4) is 0 Å². The van der Waals surface area contributed by atoms with E-state index in [1.165, 1.54) is 0 Å².